The largest absolute Gasteiger partial charge is 0.343 e. The van der Waals surface area contributed by atoms with Gasteiger partial charge in [-0.2, -0.15) is 0 Å². The van der Waals surface area contributed by atoms with E-state index in [2.05, 4.69) is 17.3 Å². The third-order valence-electron chi connectivity index (χ3n) is 5.04. The Bertz CT molecular complexity index is 1290. The Morgan fingerprint density at radius 2 is 1.77 bits per heavy atom. The number of aryl methyl sites for hydroxylation is 1. The maximum Gasteiger partial charge on any atom is 0.273 e. The number of amides is 1. The summed E-state index contributed by atoms with van der Waals surface area (Å²) >= 11 is 1.55. The molecule has 0 aliphatic rings. The molecule has 0 bridgehead atoms. The first kappa shape index (κ1) is 19.8. The van der Waals surface area contributed by atoms with Crippen LogP contribution in [-0.2, 0) is 17.8 Å². The van der Waals surface area contributed by atoms with Gasteiger partial charge in [0.1, 0.15) is 6.54 Å². The molecule has 6 nitrogen and oxygen atoms in total. The Kier molecular flexibility index (Phi) is 5.63. The molecule has 0 spiro atoms. The molecule has 0 fully saturated rings. The Balaban J connectivity index is 1.62. The van der Waals surface area contributed by atoms with Gasteiger partial charge in [0.05, 0.1) is 16.8 Å². The number of H-pyrrole nitrogens is 1. The molecule has 7 heteroatoms. The molecule has 2 aromatic carbocycles. The minimum Gasteiger partial charge on any atom is -0.343 e. The van der Waals surface area contributed by atoms with E-state index < -0.39 is 11.1 Å². The molecular formula is C23H21N3O3S. The first-order valence-electron chi connectivity index (χ1n) is 9.70. The number of aromatic nitrogens is 2. The van der Waals surface area contributed by atoms with E-state index in [0.717, 1.165) is 21.5 Å². The molecule has 30 heavy (non-hydrogen) atoms. The van der Waals surface area contributed by atoms with Crippen LogP contribution in [0.3, 0.4) is 0 Å². The van der Waals surface area contributed by atoms with Crippen LogP contribution >= 0.6 is 11.3 Å². The lowest BCUT2D eigenvalue weighted by molar-refractivity contribution is -0.122. The van der Waals surface area contributed by atoms with Crippen LogP contribution < -0.4 is 16.4 Å². The molecule has 2 aromatic heterocycles. The normalized spacial score (nSPS) is 12.0. The molecule has 4 rings (SSSR count). The molecule has 0 saturated carbocycles. The average molecular weight is 420 g/mol. The molecule has 1 amide bonds. The highest BCUT2D eigenvalue weighted by Crippen LogP contribution is 2.26. The maximum absolute atomic E-state index is 12.8. The summed E-state index contributed by atoms with van der Waals surface area (Å²) in [6.07, 6.45) is 0.939. The summed E-state index contributed by atoms with van der Waals surface area (Å²) in [6, 6.07) is 18.3. The second-order valence-electron chi connectivity index (χ2n) is 6.99. The zero-order chi connectivity index (χ0) is 21.1. The molecule has 1 atom stereocenters. The van der Waals surface area contributed by atoms with Gasteiger partial charge in [-0.15, -0.1) is 11.3 Å². The number of thiophene rings is 1. The van der Waals surface area contributed by atoms with Crippen LogP contribution in [0.25, 0.3) is 10.8 Å². The fourth-order valence-corrected chi connectivity index (χ4v) is 4.23. The third kappa shape index (κ3) is 3.97. The van der Waals surface area contributed by atoms with Gasteiger partial charge in [0, 0.05) is 4.88 Å². The van der Waals surface area contributed by atoms with E-state index >= 15 is 0 Å². The fraction of sp³-hybridized carbons (Fsp3) is 0.174. The third-order valence-corrected chi connectivity index (χ3v) is 5.98. The number of nitrogens with zero attached hydrogens (tertiary/aromatic N) is 1. The zero-order valence-electron chi connectivity index (χ0n) is 16.4. The highest BCUT2D eigenvalue weighted by Gasteiger charge is 2.19. The fourth-order valence-electron chi connectivity index (χ4n) is 3.43. The second kappa shape index (κ2) is 8.51. The smallest absolute Gasteiger partial charge is 0.273 e. The molecule has 0 saturated heterocycles. The molecular weight excluding hydrogens is 398 g/mol. The lowest BCUT2D eigenvalue weighted by Crippen LogP contribution is -2.38. The number of carbonyl (C=O) groups excluding carboxylic acids is 1. The molecule has 2 N–H and O–H groups in total. The van der Waals surface area contributed by atoms with Crippen LogP contribution in [0.4, 0.5) is 0 Å². The van der Waals surface area contributed by atoms with Crippen molar-refractivity contribution in [3.05, 3.63) is 103 Å². The van der Waals surface area contributed by atoms with Gasteiger partial charge in [0.25, 0.3) is 11.1 Å². The predicted molar refractivity (Wildman–Crippen MR) is 119 cm³/mol. The van der Waals surface area contributed by atoms with E-state index in [4.69, 9.17) is 0 Å². The van der Waals surface area contributed by atoms with Crippen LogP contribution in [0.15, 0.2) is 75.6 Å². The molecule has 2 heterocycles. The van der Waals surface area contributed by atoms with Crippen molar-refractivity contribution in [1.29, 1.82) is 0 Å². The van der Waals surface area contributed by atoms with E-state index in [1.165, 1.54) is 5.56 Å². The van der Waals surface area contributed by atoms with E-state index in [-0.39, 0.29) is 18.5 Å². The second-order valence-corrected chi connectivity index (χ2v) is 7.97. The van der Waals surface area contributed by atoms with E-state index in [0.29, 0.717) is 10.8 Å². The Labute approximate surface area is 176 Å². The molecule has 0 aliphatic carbocycles. The predicted octanol–water partition coefficient (Wildman–Crippen LogP) is 3.22. The zero-order valence-corrected chi connectivity index (χ0v) is 17.2. The highest BCUT2D eigenvalue weighted by atomic mass is 32.1. The van der Waals surface area contributed by atoms with Crippen LogP contribution in [0.1, 0.15) is 29.0 Å². The lowest BCUT2D eigenvalue weighted by Gasteiger charge is -2.19. The Morgan fingerprint density at radius 3 is 2.43 bits per heavy atom. The lowest BCUT2D eigenvalue weighted by atomic mass is 10.0. The number of nitrogens with one attached hydrogen (secondary N) is 2. The first-order chi connectivity index (χ1) is 14.6. The van der Waals surface area contributed by atoms with Crippen molar-refractivity contribution in [3.8, 4) is 0 Å². The van der Waals surface area contributed by atoms with E-state index in [1.807, 2.05) is 41.8 Å². The van der Waals surface area contributed by atoms with Gasteiger partial charge in [-0.1, -0.05) is 49.4 Å². The number of aromatic amines is 1. The van der Waals surface area contributed by atoms with E-state index in [1.54, 1.807) is 35.6 Å². The van der Waals surface area contributed by atoms with Crippen molar-refractivity contribution in [2.45, 2.75) is 25.9 Å². The van der Waals surface area contributed by atoms with Gasteiger partial charge in [-0.3, -0.25) is 19.5 Å². The van der Waals surface area contributed by atoms with Crippen LogP contribution in [0.2, 0.25) is 0 Å². The molecule has 0 aliphatic heterocycles. The quantitative estimate of drug-likeness (QED) is 0.503. The summed E-state index contributed by atoms with van der Waals surface area (Å²) in [7, 11) is 0. The van der Waals surface area contributed by atoms with Crippen LogP contribution in [0, 0.1) is 0 Å². The summed E-state index contributed by atoms with van der Waals surface area (Å²) in [4.78, 5) is 38.8. The topological polar surface area (TPSA) is 84.0 Å². The van der Waals surface area contributed by atoms with Crippen molar-refractivity contribution in [2.24, 2.45) is 0 Å². The minimum absolute atomic E-state index is 0.270. The van der Waals surface area contributed by atoms with Crippen molar-refractivity contribution in [1.82, 2.24) is 15.1 Å². The van der Waals surface area contributed by atoms with Crippen molar-refractivity contribution < 1.29 is 4.79 Å². The maximum atomic E-state index is 12.8. The molecule has 4 aromatic rings. The van der Waals surface area contributed by atoms with Gasteiger partial charge < -0.3 is 5.32 Å². The number of rotatable bonds is 6. The van der Waals surface area contributed by atoms with Gasteiger partial charge in [-0.05, 0) is 41.1 Å². The van der Waals surface area contributed by atoms with Gasteiger partial charge in [0.15, 0.2) is 0 Å². The number of benzene rings is 2. The van der Waals surface area contributed by atoms with Crippen molar-refractivity contribution >= 4 is 28.0 Å². The summed E-state index contributed by atoms with van der Waals surface area (Å²) in [5.74, 6) is -0.360. The molecule has 152 valence electrons. The Hall–Kier alpha value is -3.45. The van der Waals surface area contributed by atoms with Crippen molar-refractivity contribution in [2.75, 3.05) is 0 Å². The monoisotopic (exact) mass is 419 g/mol. The van der Waals surface area contributed by atoms with Gasteiger partial charge in [-0.25, -0.2) is 4.68 Å². The molecule has 0 unspecified atom stereocenters. The van der Waals surface area contributed by atoms with Crippen LogP contribution in [0.5, 0.6) is 0 Å². The Morgan fingerprint density at radius 1 is 1.03 bits per heavy atom. The number of fused-ring (bicyclic) bond motifs is 1. The summed E-state index contributed by atoms with van der Waals surface area (Å²) in [5, 5.41) is 8.07. The van der Waals surface area contributed by atoms with E-state index in [9.17, 15) is 14.4 Å². The minimum atomic E-state index is -0.402. The van der Waals surface area contributed by atoms with Crippen LogP contribution in [-0.4, -0.2) is 15.7 Å². The van der Waals surface area contributed by atoms with Crippen molar-refractivity contribution in [3.63, 3.8) is 0 Å². The number of hydrogen-bond acceptors (Lipinski definition) is 4. The molecule has 0 radical (unpaired) electrons. The average Bonchev–Trinajstić information content (AvgIpc) is 3.30. The standard InChI is InChI=1S/C23H21N3O3S/c1-2-15-9-11-16(12-10-15)21(19-8-5-13-30-19)24-20(27)14-26-23(29)18-7-4-3-6-17(18)22(28)25-26/h3-13,21H,2,14H2,1H3,(H,24,27)(H,25,28)/t21-/m1/s1. The summed E-state index contributed by atoms with van der Waals surface area (Å²) in [6.45, 7) is 1.82. The highest BCUT2D eigenvalue weighted by molar-refractivity contribution is 7.10. The summed E-state index contributed by atoms with van der Waals surface area (Å²) in [5.41, 5.74) is 1.38. The van der Waals surface area contributed by atoms with Gasteiger partial charge in [0.2, 0.25) is 5.91 Å². The number of carbonyl (C=O) groups is 1. The summed E-state index contributed by atoms with van der Waals surface area (Å²) < 4.78 is 1.06. The SMILES string of the molecule is CCc1ccc([C@@H](NC(=O)Cn2[nH]c(=O)c3ccccc3c2=O)c2cccs2)cc1. The number of hydrogen-bond donors (Lipinski definition) is 2. The first-order valence-corrected chi connectivity index (χ1v) is 10.6. The van der Waals surface area contributed by atoms with Gasteiger partial charge >= 0.3 is 0 Å².